The molecule has 4 atom stereocenters. The van der Waals surface area contributed by atoms with Crippen LogP contribution in [0.3, 0.4) is 0 Å². The molecule has 0 saturated carbocycles. The molecule has 1 heterocycles. The smallest absolute Gasteiger partial charge is 0.147 e. The molecule has 0 amide bonds. The summed E-state index contributed by atoms with van der Waals surface area (Å²) in [7, 11) is 3.31. The van der Waals surface area contributed by atoms with Gasteiger partial charge in [-0.2, -0.15) is 0 Å². The minimum absolute atomic E-state index is 0.0741. The molecule has 0 radical (unpaired) electrons. The fourth-order valence-corrected chi connectivity index (χ4v) is 1.84. The molecule has 1 aliphatic heterocycles. The van der Waals surface area contributed by atoms with Gasteiger partial charge in [-0.15, -0.1) is 0 Å². The number of methoxy groups -OCH3 is 1. The van der Waals surface area contributed by atoms with E-state index in [0.717, 1.165) is 6.42 Å². The summed E-state index contributed by atoms with van der Waals surface area (Å²) >= 11 is 0. The Bertz CT molecular complexity index is 164. The second kappa shape index (κ2) is 4.42. The Morgan fingerprint density at radius 3 is 2.62 bits per heavy atom. The van der Waals surface area contributed by atoms with Crippen molar-refractivity contribution in [2.75, 3.05) is 7.11 Å². The van der Waals surface area contributed by atoms with Gasteiger partial charge in [-0.3, -0.25) is 0 Å². The average molecular weight is 188 g/mol. The van der Waals surface area contributed by atoms with Crippen LogP contribution in [0.15, 0.2) is 0 Å². The van der Waals surface area contributed by atoms with Gasteiger partial charge in [0.1, 0.15) is 20.1 Å². The van der Waals surface area contributed by atoms with E-state index in [1.807, 2.05) is 0 Å². The molecule has 0 spiro atoms. The van der Waals surface area contributed by atoms with Gasteiger partial charge >= 0.3 is 0 Å². The summed E-state index contributed by atoms with van der Waals surface area (Å²) in [6.07, 6.45) is -0.565. The first kappa shape index (κ1) is 11.0. The Labute approximate surface area is 80.2 Å². The number of ether oxygens (including phenoxy) is 2. The van der Waals surface area contributed by atoms with Crippen molar-refractivity contribution in [3.63, 3.8) is 0 Å². The highest BCUT2D eigenvalue weighted by molar-refractivity contribution is 6.11. The lowest BCUT2D eigenvalue weighted by Crippen LogP contribution is -2.32. The molecule has 0 aliphatic carbocycles. The molecule has 1 aliphatic rings. The molecule has 0 bridgehead atoms. The Balaban J connectivity index is 2.54. The standard InChI is InChI=1S/C9H18BFO2/c1-5(2)4-6-8(12-3)7(11)9(10)13-6/h5-9H,4,10H2,1-3H3/t6?,7?,8-,9?/m1/s1. The van der Waals surface area contributed by atoms with Crippen molar-refractivity contribution in [2.24, 2.45) is 5.92 Å². The lowest BCUT2D eigenvalue weighted by molar-refractivity contribution is -0.00692. The lowest BCUT2D eigenvalue weighted by atomic mass is 9.93. The van der Waals surface area contributed by atoms with E-state index in [-0.39, 0.29) is 18.2 Å². The summed E-state index contributed by atoms with van der Waals surface area (Å²) in [4.78, 5) is 0. The quantitative estimate of drug-likeness (QED) is 0.608. The minimum Gasteiger partial charge on any atom is -0.378 e. The molecular weight excluding hydrogens is 170 g/mol. The third-order valence-corrected chi connectivity index (χ3v) is 2.49. The van der Waals surface area contributed by atoms with Gasteiger partial charge in [-0.1, -0.05) is 13.8 Å². The third-order valence-electron chi connectivity index (χ3n) is 2.49. The second-order valence-electron chi connectivity index (χ2n) is 4.15. The van der Waals surface area contributed by atoms with E-state index >= 15 is 0 Å². The molecule has 0 aromatic carbocycles. The van der Waals surface area contributed by atoms with Crippen LogP contribution in [0, 0.1) is 5.92 Å². The maximum atomic E-state index is 13.4. The van der Waals surface area contributed by atoms with Crippen LogP contribution < -0.4 is 0 Å². The molecule has 1 saturated heterocycles. The van der Waals surface area contributed by atoms with Crippen LogP contribution in [0.2, 0.25) is 0 Å². The molecule has 76 valence electrons. The van der Waals surface area contributed by atoms with Crippen molar-refractivity contribution >= 4 is 7.85 Å². The van der Waals surface area contributed by atoms with Gasteiger partial charge in [-0.05, 0) is 12.3 Å². The van der Waals surface area contributed by atoms with Crippen LogP contribution in [0.5, 0.6) is 0 Å². The number of halogens is 1. The summed E-state index contributed by atoms with van der Waals surface area (Å²) < 4.78 is 24.0. The summed E-state index contributed by atoms with van der Waals surface area (Å²) in [6.45, 7) is 4.21. The Kier molecular flexibility index (Phi) is 3.74. The zero-order valence-electron chi connectivity index (χ0n) is 8.79. The van der Waals surface area contributed by atoms with Crippen LogP contribution in [0.1, 0.15) is 20.3 Å². The van der Waals surface area contributed by atoms with Crippen LogP contribution in [-0.2, 0) is 9.47 Å². The number of rotatable bonds is 3. The molecule has 0 aromatic rings. The molecule has 2 nitrogen and oxygen atoms in total. The monoisotopic (exact) mass is 188 g/mol. The Morgan fingerprint density at radius 1 is 1.54 bits per heavy atom. The highest BCUT2D eigenvalue weighted by Gasteiger charge is 2.42. The first-order valence-electron chi connectivity index (χ1n) is 4.88. The van der Waals surface area contributed by atoms with E-state index in [4.69, 9.17) is 9.47 Å². The Hall–Kier alpha value is -0.0851. The third kappa shape index (κ3) is 2.44. The SMILES string of the molecule is BC1OC(CC(C)C)[C@@H](OC)C1F. The first-order valence-corrected chi connectivity index (χ1v) is 4.88. The van der Waals surface area contributed by atoms with Crippen molar-refractivity contribution in [1.29, 1.82) is 0 Å². The van der Waals surface area contributed by atoms with E-state index in [2.05, 4.69) is 13.8 Å². The number of hydrogen-bond acceptors (Lipinski definition) is 2. The molecule has 4 heteroatoms. The van der Waals surface area contributed by atoms with Crippen LogP contribution in [-0.4, -0.2) is 39.3 Å². The predicted molar refractivity (Wildman–Crippen MR) is 52.4 cm³/mol. The molecule has 1 rings (SSSR count). The normalized spacial score (nSPS) is 40.1. The summed E-state index contributed by atoms with van der Waals surface area (Å²) in [5, 5.41) is 0. The molecule has 13 heavy (non-hydrogen) atoms. The summed E-state index contributed by atoms with van der Waals surface area (Å²) in [6, 6.07) is -0.325. The lowest BCUT2D eigenvalue weighted by Gasteiger charge is -2.19. The minimum atomic E-state index is -0.978. The van der Waals surface area contributed by atoms with Gasteiger partial charge in [0.25, 0.3) is 0 Å². The largest absolute Gasteiger partial charge is 0.378 e. The fraction of sp³-hybridized carbons (Fsp3) is 1.00. The van der Waals surface area contributed by atoms with Gasteiger partial charge in [0, 0.05) is 7.11 Å². The summed E-state index contributed by atoms with van der Waals surface area (Å²) in [5.74, 6) is 0.514. The molecule has 3 unspecified atom stereocenters. The first-order chi connectivity index (χ1) is 6.06. The van der Waals surface area contributed by atoms with Crippen LogP contribution >= 0.6 is 0 Å². The molecule has 0 aromatic heterocycles. The van der Waals surface area contributed by atoms with Crippen molar-refractivity contribution < 1.29 is 13.9 Å². The van der Waals surface area contributed by atoms with Gasteiger partial charge < -0.3 is 9.47 Å². The van der Waals surface area contributed by atoms with Gasteiger partial charge in [0.15, 0.2) is 0 Å². The zero-order valence-corrected chi connectivity index (χ0v) is 8.79. The molecule has 0 N–H and O–H groups in total. The molecular formula is C9H18BFO2. The van der Waals surface area contributed by atoms with Crippen molar-refractivity contribution in [3.8, 4) is 0 Å². The van der Waals surface area contributed by atoms with Gasteiger partial charge in [-0.25, -0.2) is 4.39 Å². The van der Waals surface area contributed by atoms with E-state index in [0.29, 0.717) is 5.92 Å². The highest BCUT2D eigenvalue weighted by Crippen LogP contribution is 2.28. The van der Waals surface area contributed by atoms with Crippen molar-refractivity contribution in [3.05, 3.63) is 0 Å². The van der Waals surface area contributed by atoms with Crippen LogP contribution in [0.25, 0.3) is 0 Å². The van der Waals surface area contributed by atoms with Crippen molar-refractivity contribution in [1.82, 2.24) is 0 Å². The molecule has 1 fully saturated rings. The highest BCUT2D eigenvalue weighted by atomic mass is 19.1. The van der Waals surface area contributed by atoms with E-state index in [9.17, 15) is 4.39 Å². The fourth-order valence-electron chi connectivity index (χ4n) is 1.84. The van der Waals surface area contributed by atoms with Gasteiger partial charge in [0.2, 0.25) is 0 Å². The van der Waals surface area contributed by atoms with E-state index < -0.39 is 6.17 Å². The van der Waals surface area contributed by atoms with Crippen molar-refractivity contribution in [2.45, 2.75) is 44.7 Å². The number of alkyl halides is 1. The zero-order chi connectivity index (χ0) is 10.0. The Morgan fingerprint density at radius 2 is 2.15 bits per heavy atom. The van der Waals surface area contributed by atoms with Crippen LogP contribution in [0.4, 0.5) is 4.39 Å². The predicted octanol–water partition coefficient (Wildman–Crippen LogP) is 0.744. The maximum absolute atomic E-state index is 13.4. The van der Waals surface area contributed by atoms with E-state index in [1.54, 1.807) is 15.0 Å². The summed E-state index contributed by atoms with van der Waals surface area (Å²) in [5.41, 5.74) is 0. The maximum Gasteiger partial charge on any atom is 0.147 e. The topological polar surface area (TPSA) is 18.5 Å². The van der Waals surface area contributed by atoms with Gasteiger partial charge in [0.05, 0.1) is 12.1 Å². The van der Waals surface area contributed by atoms with E-state index in [1.165, 1.54) is 0 Å². The average Bonchev–Trinajstić information content (AvgIpc) is 2.27. The number of hydrogen-bond donors (Lipinski definition) is 0. The second-order valence-corrected chi connectivity index (χ2v) is 4.15.